The smallest absolute Gasteiger partial charge is 0.352 e. The van der Waals surface area contributed by atoms with Crippen LogP contribution in [0.1, 0.15) is 26.0 Å². The van der Waals surface area contributed by atoms with Crippen LogP contribution in [0.5, 0.6) is 0 Å². The number of carbonyl (C=O) groups is 4. The van der Waals surface area contributed by atoms with Crippen LogP contribution < -0.4 is 27.1 Å². The first kappa shape index (κ1) is 30.8. The Kier molecular flexibility index (Phi) is 9.42. The molecule has 16 nitrogen and oxygen atoms in total. The summed E-state index contributed by atoms with van der Waals surface area (Å²) in [7, 11) is 0. The topological polar surface area (TPSA) is 253 Å². The van der Waals surface area contributed by atoms with Gasteiger partial charge in [0.2, 0.25) is 17.7 Å². The first-order valence-electron chi connectivity index (χ1n) is 12.4. The first-order valence-corrected chi connectivity index (χ1v) is 15.3. The molecule has 0 bridgehead atoms. The van der Waals surface area contributed by atoms with E-state index in [-0.39, 0.29) is 39.6 Å². The molecule has 0 radical (unpaired) electrons. The quantitative estimate of drug-likeness (QED) is 0.0436. The summed E-state index contributed by atoms with van der Waals surface area (Å²) in [6.45, 7) is 3.79. The second-order valence-corrected chi connectivity index (χ2v) is 12.0. The van der Waals surface area contributed by atoms with Crippen LogP contribution in [0.4, 0.5) is 16.8 Å². The summed E-state index contributed by atoms with van der Waals surface area (Å²) in [6.07, 6.45) is -0.578. The molecular weight excluding hydrogens is 611 g/mol. The maximum Gasteiger partial charge on any atom is 0.352 e. The number of nitrogens with two attached hydrogens (primary N) is 3. The molecule has 2 aromatic rings. The number of carboxylic acids is 2. The number of oxime groups is 1. The van der Waals surface area contributed by atoms with E-state index in [1.807, 2.05) is 6.92 Å². The zero-order chi connectivity index (χ0) is 30.7. The van der Waals surface area contributed by atoms with Crippen molar-refractivity contribution in [2.24, 2.45) is 5.16 Å². The summed E-state index contributed by atoms with van der Waals surface area (Å²) in [5.41, 5.74) is 17.6. The van der Waals surface area contributed by atoms with Gasteiger partial charge in [0.15, 0.2) is 10.8 Å². The van der Waals surface area contributed by atoms with Gasteiger partial charge in [-0.05, 0) is 30.7 Å². The van der Waals surface area contributed by atoms with Crippen molar-refractivity contribution in [2.45, 2.75) is 49.5 Å². The van der Waals surface area contributed by atoms with Crippen molar-refractivity contribution in [3.8, 4) is 0 Å². The Morgan fingerprint density at radius 1 is 1.31 bits per heavy atom. The molecule has 42 heavy (non-hydrogen) atoms. The number of carboxylic acid groups (broad SMARTS) is 2. The van der Waals surface area contributed by atoms with E-state index < -0.39 is 41.3 Å². The third-order valence-corrected chi connectivity index (χ3v) is 9.13. The van der Waals surface area contributed by atoms with E-state index in [1.54, 1.807) is 10.6 Å². The second-order valence-electron chi connectivity index (χ2n) is 9.04. The minimum Gasteiger partial charge on any atom is -0.478 e. The highest BCUT2D eigenvalue weighted by Gasteiger charge is 2.54. The third kappa shape index (κ3) is 6.36. The molecule has 0 aromatic carbocycles. The van der Waals surface area contributed by atoms with Crippen LogP contribution in [-0.2, 0) is 30.6 Å². The molecule has 2 amide bonds. The summed E-state index contributed by atoms with van der Waals surface area (Å²) in [4.78, 5) is 64.1. The lowest BCUT2D eigenvalue weighted by atomic mass is 10.0. The van der Waals surface area contributed by atoms with Crippen molar-refractivity contribution in [2.75, 3.05) is 28.7 Å². The summed E-state index contributed by atoms with van der Waals surface area (Å²) >= 11 is 3.56. The maximum absolute atomic E-state index is 13.2. The zero-order valence-electron chi connectivity index (χ0n) is 22.3. The van der Waals surface area contributed by atoms with Crippen molar-refractivity contribution in [1.82, 2.24) is 20.2 Å². The van der Waals surface area contributed by atoms with Crippen LogP contribution in [0, 0.1) is 0 Å². The lowest BCUT2D eigenvalue weighted by Crippen LogP contribution is -2.71. The molecule has 224 valence electrons. The lowest BCUT2D eigenvalue weighted by molar-refractivity contribution is -0.723. The van der Waals surface area contributed by atoms with E-state index in [0.717, 1.165) is 22.7 Å². The van der Waals surface area contributed by atoms with E-state index in [2.05, 4.69) is 20.4 Å². The van der Waals surface area contributed by atoms with Crippen LogP contribution in [0.15, 0.2) is 33.0 Å². The van der Waals surface area contributed by atoms with Crippen molar-refractivity contribution in [3.63, 3.8) is 0 Å². The van der Waals surface area contributed by atoms with Crippen LogP contribution >= 0.6 is 34.9 Å². The summed E-state index contributed by atoms with van der Waals surface area (Å²) < 4.78 is 1.79. The number of thioether (sulfide) groups is 2. The minimum atomic E-state index is -1.37. The monoisotopic (exact) mass is 638 g/mol. The van der Waals surface area contributed by atoms with Gasteiger partial charge in [0, 0.05) is 16.9 Å². The van der Waals surface area contributed by atoms with Gasteiger partial charge in [0.25, 0.3) is 11.8 Å². The SMILES string of the molecule is CCC[n+]1c(N)cc(N)nc1SCC1=C(C(=O)O)N2C(=O)C(NC(=O)/C(=N\O[C@@H](C)C(=O)O)c3csc(N)n3)C2SC1. The Labute approximate surface area is 251 Å². The molecule has 4 rings (SSSR count). The number of aromatic nitrogens is 3. The first-order chi connectivity index (χ1) is 19.9. The molecule has 0 spiro atoms. The molecule has 19 heteroatoms. The molecular formula is C23H28N9O7S3+. The molecule has 2 aliphatic heterocycles. The number of hydrogen-bond acceptors (Lipinski definition) is 14. The number of nitrogen functional groups attached to an aromatic ring is 3. The van der Waals surface area contributed by atoms with Crippen LogP contribution in [0.3, 0.4) is 0 Å². The number of thiazole rings is 1. The van der Waals surface area contributed by atoms with Gasteiger partial charge in [-0.2, -0.15) is 0 Å². The van der Waals surface area contributed by atoms with E-state index in [1.165, 1.54) is 35.8 Å². The fourth-order valence-corrected chi connectivity index (χ4v) is 7.12. The Morgan fingerprint density at radius 2 is 2.05 bits per heavy atom. The highest BCUT2D eigenvalue weighted by Crippen LogP contribution is 2.41. The van der Waals surface area contributed by atoms with Gasteiger partial charge in [-0.3, -0.25) is 14.5 Å². The number of amides is 2. The number of hydrogen-bond donors (Lipinski definition) is 6. The van der Waals surface area contributed by atoms with Crippen molar-refractivity contribution >= 4 is 81.1 Å². The Hall–Kier alpha value is -4.10. The summed E-state index contributed by atoms with van der Waals surface area (Å²) in [5, 5.41) is 26.7. The van der Waals surface area contributed by atoms with Crippen molar-refractivity contribution in [3.05, 3.63) is 28.4 Å². The molecule has 2 aliphatic rings. The largest absolute Gasteiger partial charge is 0.478 e. The van der Waals surface area contributed by atoms with Gasteiger partial charge in [-0.1, -0.05) is 17.1 Å². The molecule has 1 fully saturated rings. The van der Waals surface area contributed by atoms with Gasteiger partial charge in [-0.25, -0.2) is 19.1 Å². The zero-order valence-corrected chi connectivity index (χ0v) is 24.8. The lowest BCUT2D eigenvalue weighted by Gasteiger charge is -2.49. The number of anilines is 3. The molecule has 0 saturated carbocycles. The van der Waals surface area contributed by atoms with Crippen LogP contribution in [-0.4, -0.2) is 83.6 Å². The number of fused-ring (bicyclic) bond motifs is 1. The fourth-order valence-electron chi connectivity index (χ4n) is 4.03. The molecule has 1 saturated heterocycles. The van der Waals surface area contributed by atoms with Crippen molar-refractivity contribution < 1.29 is 38.8 Å². The van der Waals surface area contributed by atoms with Gasteiger partial charge in [0.05, 0.1) is 12.6 Å². The molecule has 2 aromatic heterocycles. The highest BCUT2D eigenvalue weighted by molar-refractivity contribution is 8.01. The van der Waals surface area contributed by atoms with Crippen LogP contribution in [0.25, 0.3) is 0 Å². The third-order valence-electron chi connectivity index (χ3n) is 6.05. The van der Waals surface area contributed by atoms with E-state index in [9.17, 15) is 24.3 Å². The van der Waals surface area contributed by atoms with Gasteiger partial charge >= 0.3 is 17.1 Å². The fraction of sp³-hybridized carbons (Fsp3) is 0.391. The average molecular weight is 639 g/mol. The molecule has 3 atom stereocenters. The Bertz CT molecular complexity index is 1500. The number of aliphatic carboxylic acids is 2. The highest BCUT2D eigenvalue weighted by atomic mass is 32.2. The molecule has 0 aliphatic carbocycles. The van der Waals surface area contributed by atoms with Gasteiger partial charge in [-0.15, -0.1) is 23.1 Å². The molecule has 4 heterocycles. The standard InChI is InChI=1S/C23H27N9O7S3/c1-3-4-31-13(25)5-12(24)28-23(31)42-7-10-6-40-19-15(18(34)32(19)16(10)21(37)38)29-17(33)14(11-8-41-22(26)27-11)30-39-9(2)20(35)36/h5,8-9,15,19H,3-4,6-7H2,1-2H3,(H8,24,25,26,27,29,33,35,36,37,38)/p+1/b30-14-/t9-,15?,19?/m0/s1. The van der Waals surface area contributed by atoms with Crippen molar-refractivity contribution in [1.29, 1.82) is 0 Å². The van der Waals surface area contributed by atoms with E-state index in [0.29, 0.717) is 23.1 Å². The van der Waals surface area contributed by atoms with E-state index in [4.69, 9.17) is 27.1 Å². The number of β-lactam (4-membered cyclic amide) rings is 1. The van der Waals surface area contributed by atoms with Crippen LogP contribution in [0.2, 0.25) is 0 Å². The maximum atomic E-state index is 13.2. The number of nitrogens with one attached hydrogen (secondary N) is 1. The Balaban J connectivity index is 1.52. The number of carbonyl (C=O) groups excluding carboxylic acids is 2. The number of rotatable bonds is 12. The predicted octanol–water partition coefficient (Wildman–Crippen LogP) is -0.293. The molecule has 9 N–H and O–H groups in total. The summed E-state index contributed by atoms with van der Waals surface area (Å²) in [6, 6.07) is 0.472. The summed E-state index contributed by atoms with van der Waals surface area (Å²) in [5.74, 6) is -2.96. The average Bonchev–Trinajstić information content (AvgIpc) is 3.36. The number of nitrogens with zero attached hydrogens (tertiary/aromatic N) is 5. The van der Waals surface area contributed by atoms with Gasteiger partial charge < -0.3 is 37.6 Å². The predicted molar refractivity (Wildman–Crippen MR) is 155 cm³/mol. The molecule has 2 unspecified atom stereocenters. The van der Waals surface area contributed by atoms with E-state index >= 15 is 0 Å². The second kappa shape index (κ2) is 12.8. The Morgan fingerprint density at radius 3 is 2.67 bits per heavy atom. The normalized spacial score (nSPS) is 19.1. The minimum absolute atomic E-state index is 0.0223. The van der Waals surface area contributed by atoms with Gasteiger partial charge in [0.1, 0.15) is 22.8 Å².